The summed E-state index contributed by atoms with van der Waals surface area (Å²) in [6, 6.07) is 14.3. The number of carboxylic acids is 2. The molecule has 1 heterocycles. The summed E-state index contributed by atoms with van der Waals surface area (Å²) in [5.41, 5.74) is 0.487. The molecular weight excluding hydrogens is 374 g/mol. The number of aliphatic hydroxyl groups is 1. The third-order valence-corrected chi connectivity index (χ3v) is 5.63. The summed E-state index contributed by atoms with van der Waals surface area (Å²) in [5, 5.41) is 30.0. The molecular formula is C22H25NO6. The van der Waals surface area contributed by atoms with Crippen molar-refractivity contribution in [2.45, 2.75) is 25.5 Å². The second-order valence-corrected chi connectivity index (χ2v) is 7.46. The molecule has 1 aliphatic rings. The van der Waals surface area contributed by atoms with Gasteiger partial charge in [0.1, 0.15) is 16.7 Å². The van der Waals surface area contributed by atoms with Gasteiger partial charge < -0.3 is 20.1 Å². The number of carbonyl (C=O) groups is 2. The van der Waals surface area contributed by atoms with Gasteiger partial charge in [-0.25, -0.2) is 4.79 Å². The highest BCUT2D eigenvalue weighted by Crippen LogP contribution is 2.36. The van der Waals surface area contributed by atoms with E-state index in [1.165, 1.54) is 7.11 Å². The average Bonchev–Trinajstić information content (AvgIpc) is 2.70. The molecule has 2 aromatic rings. The minimum absolute atomic E-state index is 0.0755. The number of hydrogen-bond donors (Lipinski definition) is 3. The number of aromatic carboxylic acids is 1. The number of benzene rings is 2. The van der Waals surface area contributed by atoms with Crippen LogP contribution >= 0.6 is 0 Å². The Hall–Kier alpha value is -2.90. The standard InChI is InChI=1S/C22H25NO6/c1-29-18-8-7-16(11-17(18)20(25)26)13-23-10-9-22(21(27)28,19(24)14-23)12-15-5-3-2-4-6-15/h2-8,11,19,24H,9-10,12-14H2,1H3,(H,25,26)(H,27,28)/t19-,22+/m0/s1. The number of carboxylic acid groups (broad SMARTS) is 2. The number of piperidine rings is 1. The van der Waals surface area contributed by atoms with Crippen LogP contribution in [0.4, 0.5) is 0 Å². The zero-order valence-electron chi connectivity index (χ0n) is 16.2. The molecule has 0 spiro atoms. The van der Waals surface area contributed by atoms with Gasteiger partial charge in [0.15, 0.2) is 0 Å². The molecule has 3 N–H and O–H groups in total. The van der Waals surface area contributed by atoms with Gasteiger partial charge >= 0.3 is 11.9 Å². The molecule has 0 unspecified atom stereocenters. The van der Waals surface area contributed by atoms with Gasteiger partial charge in [-0.3, -0.25) is 9.69 Å². The second kappa shape index (κ2) is 8.63. The molecule has 1 fully saturated rings. The quantitative estimate of drug-likeness (QED) is 0.656. The van der Waals surface area contributed by atoms with Crippen molar-refractivity contribution in [3.8, 4) is 5.75 Å². The Morgan fingerprint density at radius 2 is 1.86 bits per heavy atom. The van der Waals surface area contributed by atoms with Crippen molar-refractivity contribution < 1.29 is 29.6 Å². The SMILES string of the molecule is COc1ccc(CN2CC[C@](Cc3ccccc3)(C(=O)O)[C@@H](O)C2)cc1C(=O)O. The van der Waals surface area contributed by atoms with Crippen molar-refractivity contribution in [1.29, 1.82) is 0 Å². The summed E-state index contributed by atoms with van der Waals surface area (Å²) in [4.78, 5) is 25.4. The maximum absolute atomic E-state index is 12.1. The summed E-state index contributed by atoms with van der Waals surface area (Å²) >= 11 is 0. The minimum Gasteiger partial charge on any atom is -0.496 e. The number of aliphatic hydroxyl groups excluding tert-OH is 1. The predicted octanol–water partition coefficient (Wildman–Crippen LogP) is 2.27. The topological polar surface area (TPSA) is 107 Å². The molecule has 0 radical (unpaired) electrons. The summed E-state index contributed by atoms with van der Waals surface area (Å²) in [7, 11) is 1.42. The van der Waals surface area contributed by atoms with Gasteiger partial charge in [0, 0.05) is 13.1 Å². The Morgan fingerprint density at radius 3 is 2.45 bits per heavy atom. The van der Waals surface area contributed by atoms with Gasteiger partial charge in [0.2, 0.25) is 0 Å². The van der Waals surface area contributed by atoms with E-state index in [1.807, 2.05) is 35.2 Å². The highest BCUT2D eigenvalue weighted by Gasteiger charge is 2.48. The number of hydrogen-bond acceptors (Lipinski definition) is 5. The lowest BCUT2D eigenvalue weighted by molar-refractivity contribution is -0.163. The van der Waals surface area contributed by atoms with E-state index in [0.717, 1.165) is 11.1 Å². The number of β-amino-alcohol motifs (C(OH)–C–C–N with tert-alkyl or cyclic N) is 1. The molecule has 0 saturated carbocycles. The van der Waals surface area contributed by atoms with Crippen LogP contribution in [0.5, 0.6) is 5.75 Å². The Bertz CT molecular complexity index is 884. The molecule has 3 rings (SSSR count). The van der Waals surface area contributed by atoms with Gasteiger partial charge in [0.05, 0.1) is 13.2 Å². The van der Waals surface area contributed by atoms with E-state index in [-0.39, 0.29) is 24.3 Å². The van der Waals surface area contributed by atoms with Crippen LogP contribution in [0.25, 0.3) is 0 Å². The lowest BCUT2D eigenvalue weighted by Gasteiger charge is -2.43. The van der Waals surface area contributed by atoms with Crippen LogP contribution in [0.15, 0.2) is 48.5 Å². The number of likely N-dealkylation sites (tertiary alicyclic amines) is 1. The molecule has 1 aliphatic heterocycles. The Morgan fingerprint density at radius 1 is 1.14 bits per heavy atom. The number of ether oxygens (including phenoxy) is 1. The number of methoxy groups -OCH3 is 1. The van der Waals surface area contributed by atoms with Crippen LogP contribution in [0.2, 0.25) is 0 Å². The van der Waals surface area contributed by atoms with E-state index in [2.05, 4.69) is 0 Å². The van der Waals surface area contributed by atoms with Gasteiger partial charge in [-0.05, 0) is 42.6 Å². The molecule has 0 aliphatic carbocycles. The molecule has 1 saturated heterocycles. The smallest absolute Gasteiger partial charge is 0.339 e. The van der Waals surface area contributed by atoms with E-state index >= 15 is 0 Å². The molecule has 0 aromatic heterocycles. The van der Waals surface area contributed by atoms with Gasteiger partial charge in [-0.1, -0.05) is 36.4 Å². The zero-order chi connectivity index (χ0) is 21.0. The summed E-state index contributed by atoms with van der Waals surface area (Å²) in [6.07, 6.45) is -0.462. The van der Waals surface area contributed by atoms with Crippen molar-refractivity contribution in [2.24, 2.45) is 5.41 Å². The van der Waals surface area contributed by atoms with Gasteiger partial charge in [-0.15, -0.1) is 0 Å². The fourth-order valence-electron chi connectivity index (χ4n) is 3.95. The monoisotopic (exact) mass is 399 g/mol. The van der Waals surface area contributed by atoms with Crippen molar-refractivity contribution in [1.82, 2.24) is 4.90 Å². The molecule has 0 amide bonds. The molecule has 7 heteroatoms. The summed E-state index contributed by atoms with van der Waals surface area (Å²) < 4.78 is 5.08. The summed E-state index contributed by atoms with van der Waals surface area (Å²) in [6.45, 7) is 1.11. The lowest BCUT2D eigenvalue weighted by atomic mass is 9.71. The number of nitrogens with zero attached hydrogens (tertiary/aromatic N) is 1. The minimum atomic E-state index is -1.23. The van der Waals surface area contributed by atoms with Crippen molar-refractivity contribution in [3.63, 3.8) is 0 Å². The Labute approximate surface area is 169 Å². The Kier molecular flexibility index (Phi) is 6.20. The fraction of sp³-hybridized carbons (Fsp3) is 0.364. The molecule has 154 valence electrons. The van der Waals surface area contributed by atoms with Crippen LogP contribution in [-0.2, 0) is 17.8 Å². The highest BCUT2D eigenvalue weighted by molar-refractivity contribution is 5.91. The van der Waals surface area contributed by atoms with E-state index < -0.39 is 23.5 Å². The average molecular weight is 399 g/mol. The third-order valence-electron chi connectivity index (χ3n) is 5.63. The number of rotatable bonds is 7. The number of aliphatic carboxylic acids is 1. The van der Waals surface area contributed by atoms with E-state index in [4.69, 9.17) is 4.74 Å². The van der Waals surface area contributed by atoms with Crippen molar-refractivity contribution in [3.05, 3.63) is 65.2 Å². The zero-order valence-corrected chi connectivity index (χ0v) is 16.2. The Balaban J connectivity index is 1.74. The van der Waals surface area contributed by atoms with Crippen molar-refractivity contribution >= 4 is 11.9 Å². The van der Waals surface area contributed by atoms with E-state index in [1.54, 1.807) is 18.2 Å². The van der Waals surface area contributed by atoms with Crippen LogP contribution in [0, 0.1) is 5.41 Å². The van der Waals surface area contributed by atoms with Crippen LogP contribution in [0.3, 0.4) is 0 Å². The van der Waals surface area contributed by atoms with E-state index in [9.17, 15) is 24.9 Å². The first-order valence-electron chi connectivity index (χ1n) is 9.43. The lowest BCUT2D eigenvalue weighted by Crippen LogP contribution is -2.55. The molecule has 29 heavy (non-hydrogen) atoms. The maximum atomic E-state index is 12.1. The molecule has 0 bridgehead atoms. The predicted molar refractivity (Wildman–Crippen MR) is 106 cm³/mol. The van der Waals surface area contributed by atoms with Crippen LogP contribution in [0.1, 0.15) is 27.9 Å². The van der Waals surface area contributed by atoms with Crippen LogP contribution in [-0.4, -0.2) is 58.5 Å². The fourth-order valence-corrected chi connectivity index (χ4v) is 3.95. The molecule has 7 nitrogen and oxygen atoms in total. The van der Waals surface area contributed by atoms with Gasteiger partial charge in [0.25, 0.3) is 0 Å². The maximum Gasteiger partial charge on any atom is 0.339 e. The van der Waals surface area contributed by atoms with Gasteiger partial charge in [-0.2, -0.15) is 0 Å². The van der Waals surface area contributed by atoms with E-state index in [0.29, 0.717) is 19.5 Å². The largest absolute Gasteiger partial charge is 0.496 e. The molecule has 2 aromatic carbocycles. The first kappa shape index (κ1) is 20.8. The second-order valence-electron chi connectivity index (χ2n) is 7.46. The highest BCUT2D eigenvalue weighted by atomic mass is 16.5. The first-order chi connectivity index (χ1) is 13.9. The summed E-state index contributed by atoms with van der Waals surface area (Å²) in [5.74, 6) is -1.78. The first-order valence-corrected chi connectivity index (χ1v) is 9.43. The normalized spacial score (nSPS) is 22.2. The molecule has 2 atom stereocenters. The third kappa shape index (κ3) is 4.41. The van der Waals surface area contributed by atoms with Crippen LogP contribution < -0.4 is 4.74 Å². The van der Waals surface area contributed by atoms with Crippen molar-refractivity contribution in [2.75, 3.05) is 20.2 Å².